The monoisotopic (exact) mass is 412 g/mol. The molecule has 1 nitrogen and oxygen atoms in total. The smallest absolute Gasteiger partial charge is 0.124 e. The Kier molecular flexibility index (Phi) is 3.87. The molecule has 0 saturated heterocycles. The molecule has 4 heteroatoms. The summed E-state index contributed by atoms with van der Waals surface area (Å²) in [6, 6.07) is 11.0. The SMILES string of the molecule is CC1(C)Cc2cc(C(Br)c3ccc(F)cc3Br)ccc2O1. The third kappa shape index (κ3) is 3.02. The summed E-state index contributed by atoms with van der Waals surface area (Å²) in [5.74, 6) is 0.719. The van der Waals surface area contributed by atoms with Crippen molar-refractivity contribution < 1.29 is 9.13 Å². The molecule has 0 N–H and O–H groups in total. The van der Waals surface area contributed by atoms with Gasteiger partial charge in [0.25, 0.3) is 0 Å². The molecular weight excluding hydrogens is 399 g/mol. The second-order valence-electron chi connectivity index (χ2n) is 5.93. The van der Waals surface area contributed by atoms with E-state index in [4.69, 9.17) is 4.74 Å². The lowest BCUT2D eigenvalue weighted by molar-refractivity contribution is 0.138. The lowest BCUT2D eigenvalue weighted by Crippen LogP contribution is -2.24. The van der Waals surface area contributed by atoms with Crippen LogP contribution in [0.5, 0.6) is 5.75 Å². The van der Waals surface area contributed by atoms with Crippen molar-refractivity contribution in [1.29, 1.82) is 0 Å². The third-order valence-electron chi connectivity index (χ3n) is 3.62. The zero-order chi connectivity index (χ0) is 15.2. The van der Waals surface area contributed by atoms with Crippen LogP contribution in [0, 0.1) is 5.82 Å². The zero-order valence-corrected chi connectivity index (χ0v) is 15.0. The fourth-order valence-corrected chi connectivity index (χ4v) is 4.24. The van der Waals surface area contributed by atoms with Crippen molar-refractivity contribution in [3.05, 3.63) is 63.4 Å². The molecule has 0 saturated carbocycles. The molecule has 1 unspecified atom stereocenters. The Labute approximate surface area is 140 Å². The first kappa shape index (κ1) is 15.0. The van der Waals surface area contributed by atoms with Crippen molar-refractivity contribution in [1.82, 2.24) is 0 Å². The molecule has 110 valence electrons. The highest BCUT2D eigenvalue weighted by Crippen LogP contribution is 2.40. The first-order valence-corrected chi connectivity index (χ1v) is 8.47. The van der Waals surface area contributed by atoms with Crippen LogP contribution in [0.3, 0.4) is 0 Å². The normalized spacial score (nSPS) is 17.2. The molecule has 0 radical (unpaired) electrons. The van der Waals surface area contributed by atoms with Crippen molar-refractivity contribution in [3.63, 3.8) is 0 Å². The van der Waals surface area contributed by atoms with E-state index in [0.29, 0.717) is 0 Å². The third-order valence-corrected chi connectivity index (χ3v) is 5.32. The van der Waals surface area contributed by atoms with E-state index in [1.807, 2.05) is 6.07 Å². The molecule has 0 aliphatic carbocycles. The molecule has 0 spiro atoms. The van der Waals surface area contributed by atoms with Crippen molar-refractivity contribution in [2.24, 2.45) is 0 Å². The van der Waals surface area contributed by atoms with E-state index in [0.717, 1.165) is 27.8 Å². The van der Waals surface area contributed by atoms with Crippen LogP contribution >= 0.6 is 31.9 Å². The molecule has 1 heterocycles. The number of fused-ring (bicyclic) bond motifs is 1. The Morgan fingerprint density at radius 2 is 1.95 bits per heavy atom. The minimum Gasteiger partial charge on any atom is -0.487 e. The second kappa shape index (κ2) is 5.40. The average molecular weight is 414 g/mol. The van der Waals surface area contributed by atoms with Crippen LogP contribution in [-0.2, 0) is 6.42 Å². The van der Waals surface area contributed by atoms with Gasteiger partial charge in [0.05, 0.1) is 4.83 Å². The Balaban J connectivity index is 1.95. The highest BCUT2D eigenvalue weighted by atomic mass is 79.9. The molecule has 0 aromatic heterocycles. The standard InChI is InChI=1S/C17H15Br2FO/c1-17(2)9-11-7-10(3-6-15(11)21-17)16(19)13-5-4-12(20)8-14(13)18/h3-8,16H,9H2,1-2H3. The largest absolute Gasteiger partial charge is 0.487 e. The second-order valence-corrected chi connectivity index (χ2v) is 7.70. The number of halogens is 3. The number of hydrogen-bond donors (Lipinski definition) is 0. The summed E-state index contributed by atoms with van der Waals surface area (Å²) in [6.45, 7) is 4.18. The molecular formula is C17H15Br2FO. The van der Waals surface area contributed by atoms with Crippen molar-refractivity contribution in [3.8, 4) is 5.75 Å². The van der Waals surface area contributed by atoms with Crippen molar-refractivity contribution >= 4 is 31.9 Å². The van der Waals surface area contributed by atoms with E-state index in [-0.39, 0.29) is 16.2 Å². The Bertz CT molecular complexity index is 697. The van der Waals surface area contributed by atoms with Gasteiger partial charge in [-0.1, -0.05) is 50.1 Å². The predicted octanol–water partition coefficient (Wildman–Crippen LogP) is 5.79. The molecule has 0 bridgehead atoms. The van der Waals surface area contributed by atoms with Crippen LogP contribution < -0.4 is 4.74 Å². The van der Waals surface area contributed by atoms with Crippen LogP contribution in [0.15, 0.2) is 40.9 Å². The van der Waals surface area contributed by atoms with Crippen LogP contribution in [0.2, 0.25) is 0 Å². The maximum atomic E-state index is 13.2. The predicted molar refractivity (Wildman–Crippen MR) is 89.7 cm³/mol. The van der Waals surface area contributed by atoms with Crippen LogP contribution in [0.1, 0.15) is 35.4 Å². The summed E-state index contributed by atoms with van der Waals surface area (Å²) >= 11 is 7.14. The maximum Gasteiger partial charge on any atom is 0.124 e. The molecule has 0 fully saturated rings. The Morgan fingerprint density at radius 3 is 2.67 bits per heavy atom. The molecule has 1 aliphatic rings. The Morgan fingerprint density at radius 1 is 1.19 bits per heavy atom. The Hall–Kier alpha value is -0.870. The van der Waals surface area contributed by atoms with Gasteiger partial charge in [0, 0.05) is 10.9 Å². The van der Waals surface area contributed by atoms with Gasteiger partial charge in [0.15, 0.2) is 0 Å². The van der Waals surface area contributed by atoms with Crippen LogP contribution in [0.25, 0.3) is 0 Å². The molecule has 2 aromatic carbocycles. The molecule has 21 heavy (non-hydrogen) atoms. The van der Waals surface area contributed by atoms with E-state index in [1.54, 1.807) is 6.07 Å². The first-order chi connectivity index (χ1) is 9.85. The van der Waals surface area contributed by atoms with Gasteiger partial charge in [-0.05, 0) is 48.7 Å². The molecule has 1 atom stereocenters. The highest BCUT2D eigenvalue weighted by molar-refractivity contribution is 9.11. The van der Waals surface area contributed by atoms with Gasteiger partial charge < -0.3 is 4.74 Å². The molecule has 3 rings (SSSR count). The lowest BCUT2D eigenvalue weighted by atomic mass is 9.98. The quantitative estimate of drug-likeness (QED) is 0.566. The number of benzene rings is 2. The summed E-state index contributed by atoms with van der Waals surface area (Å²) in [6.07, 6.45) is 0.903. The van der Waals surface area contributed by atoms with Crippen molar-refractivity contribution in [2.75, 3.05) is 0 Å². The van der Waals surface area contributed by atoms with E-state index in [1.165, 1.54) is 17.7 Å². The lowest BCUT2D eigenvalue weighted by Gasteiger charge is -2.16. The number of rotatable bonds is 2. The summed E-state index contributed by atoms with van der Waals surface area (Å²) in [4.78, 5) is 0.0153. The van der Waals surface area contributed by atoms with Crippen LogP contribution in [0.4, 0.5) is 4.39 Å². The summed E-state index contributed by atoms with van der Waals surface area (Å²) in [5.41, 5.74) is 3.23. The zero-order valence-electron chi connectivity index (χ0n) is 11.8. The minimum absolute atomic E-state index is 0.0153. The van der Waals surface area contributed by atoms with E-state index >= 15 is 0 Å². The van der Waals surface area contributed by atoms with E-state index in [2.05, 4.69) is 57.8 Å². The topological polar surface area (TPSA) is 9.23 Å². The van der Waals surface area contributed by atoms with Gasteiger partial charge in [-0.25, -0.2) is 4.39 Å². The van der Waals surface area contributed by atoms with Gasteiger partial charge >= 0.3 is 0 Å². The maximum absolute atomic E-state index is 13.2. The van der Waals surface area contributed by atoms with Gasteiger partial charge in [-0.3, -0.25) is 0 Å². The van der Waals surface area contributed by atoms with E-state index in [9.17, 15) is 4.39 Å². The first-order valence-electron chi connectivity index (χ1n) is 6.76. The van der Waals surface area contributed by atoms with Gasteiger partial charge in [0.1, 0.15) is 17.2 Å². The molecule has 0 amide bonds. The summed E-state index contributed by atoms with van der Waals surface area (Å²) in [5, 5.41) is 0. The summed E-state index contributed by atoms with van der Waals surface area (Å²) < 4.78 is 19.9. The highest BCUT2D eigenvalue weighted by Gasteiger charge is 2.30. The summed E-state index contributed by atoms with van der Waals surface area (Å²) in [7, 11) is 0. The fraction of sp³-hybridized carbons (Fsp3) is 0.294. The number of hydrogen-bond acceptors (Lipinski definition) is 1. The average Bonchev–Trinajstić information content (AvgIpc) is 2.70. The molecule has 2 aromatic rings. The van der Waals surface area contributed by atoms with Gasteiger partial charge in [-0.2, -0.15) is 0 Å². The number of alkyl halides is 1. The fourth-order valence-electron chi connectivity index (χ4n) is 2.67. The minimum atomic E-state index is -0.241. The van der Waals surface area contributed by atoms with Crippen LogP contribution in [-0.4, -0.2) is 5.60 Å². The van der Waals surface area contributed by atoms with E-state index < -0.39 is 0 Å². The van der Waals surface area contributed by atoms with Gasteiger partial charge in [0.2, 0.25) is 0 Å². The molecule has 1 aliphatic heterocycles. The van der Waals surface area contributed by atoms with Crippen molar-refractivity contribution in [2.45, 2.75) is 30.7 Å². The van der Waals surface area contributed by atoms with Gasteiger partial charge in [-0.15, -0.1) is 0 Å². The number of ether oxygens (including phenoxy) is 1.